The predicted molar refractivity (Wildman–Crippen MR) is 126 cm³/mol. The van der Waals surface area contributed by atoms with Gasteiger partial charge in [0, 0.05) is 42.0 Å². The number of benzene rings is 2. The number of hydrogen-bond acceptors (Lipinski definition) is 6. The third-order valence-electron chi connectivity index (χ3n) is 5.82. The SMILES string of the molecule is N#Cc1ccc(-c2cc(C(=O)N3CCC[C@@H](N)C3)sc2-c2ccc3nccnc3c2)cc1F. The molecule has 33 heavy (non-hydrogen) atoms. The van der Waals surface area contributed by atoms with E-state index in [1.165, 1.54) is 23.5 Å². The van der Waals surface area contributed by atoms with Crippen LogP contribution in [0.25, 0.3) is 32.6 Å². The Kier molecular flexibility index (Phi) is 5.58. The van der Waals surface area contributed by atoms with Crippen LogP contribution < -0.4 is 5.73 Å². The van der Waals surface area contributed by atoms with Gasteiger partial charge in [-0.2, -0.15) is 5.26 Å². The van der Waals surface area contributed by atoms with Gasteiger partial charge >= 0.3 is 0 Å². The minimum absolute atomic E-state index is 0.0184. The number of halogens is 1. The fourth-order valence-electron chi connectivity index (χ4n) is 4.15. The number of amides is 1. The summed E-state index contributed by atoms with van der Waals surface area (Å²) in [4.78, 5) is 25.2. The van der Waals surface area contributed by atoms with E-state index in [9.17, 15) is 9.18 Å². The number of likely N-dealkylation sites (tertiary alicyclic amines) is 1. The molecule has 4 aromatic rings. The van der Waals surface area contributed by atoms with Crippen molar-refractivity contribution < 1.29 is 9.18 Å². The van der Waals surface area contributed by atoms with Crippen LogP contribution in [0.3, 0.4) is 0 Å². The maximum absolute atomic E-state index is 14.5. The van der Waals surface area contributed by atoms with Gasteiger partial charge in [0.1, 0.15) is 11.9 Å². The summed E-state index contributed by atoms with van der Waals surface area (Å²) in [6, 6.07) is 13.9. The van der Waals surface area contributed by atoms with Crippen molar-refractivity contribution in [2.45, 2.75) is 18.9 Å². The smallest absolute Gasteiger partial charge is 0.264 e. The number of nitrogens with zero attached hydrogens (tertiary/aromatic N) is 4. The van der Waals surface area contributed by atoms with Crippen LogP contribution in [0.15, 0.2) is 54.9 Å². The summed E-state index contributed by atoms with van der Waals surface area (Å²) in [5.41, 5.74) is 9.76. The summed E-state index contributed by atoms with van der Waals surface area (Å²) in [5.74, 6) is -0.663. The Morgan fingerprint density at radius 1 is 1.12 bits per heavy atom. The highest BCUT2D eigenvalue weighted by molar-refractivity contribution is 7.18. The lowest BCUT2D eigenvalue weighted by Crippen LogP contribution is -2.45. The molecule has 2 aromatic carbocycles. The van der Waals surface area contributed by atoms with E-state index in [1.807, 2.05) is 30.3 Å². The van der Waals surface area contributed by atoms with Gasteiger partial charge in [-0.1, -0.05) is 12.1 Å². The molecule has 2 aromatic heterocycles. The van der Waals surface area contributed by atoms with Gasteiger partial charge in [0.2, 0.25) is 0 Å². The zero-order valence-corrected chi connectivity index (χ0v) is 18.5. The van der Waals surface area contributed by atoms with E-state index >= 15 is 0 Å². The van der Waals surface area contributed by atoms with E-state index in [1.54, 1.807) is 23.4 Å². The quantitative estimate of drug-likeness (QED) is 0.485. The zero-order chi connectivity index (χ0) is 22.9. The molecule has 5 rings (SSSR count). The lowest BCUT2D eigenvalue weighted by molar-refractivity contribution is 0.0714. The lowest BCUT2D eigenvalue weighted by atomic mass is 10.00. The fraction of sp³-hybridized carbons (Fsp3) is 0.200. The first-order valence-electron chi connectivity index (χ1n) is 10.6. The van der Waals surface area contributed by atoms with E-state index in [2.05, 4.69) is 9.97 Å². The first kappa shape index (κ1) is 21.2. The molecule has 1 aliphatic rings. The van der Waals surface area contributed by atoms with Gasteiger partial charge in [-0.3, -0.25) is 14.8 Å². The molecule has 1 saturated heterocycles. The Morgan fingerprint density at radius 3 is 2.67 bits per heavy atom. The molecule has 8 heteroatoms. The van der Waals surface area contributed by atoms with Crippen LogP contribution in [0.1, 0.15) is 28.1 Å². The van der Waals surface area contributed by atoms with Crippen LogP contribution in [-0.2, 0) is 0 Å². The van der Waals surface area contributed by atoms with Crippen LogP contribution >= 0.6 is 11.3 Å². The Labute approximate surface area is 194 Å². The van der Waals surface area contributed by atoms with Crippen molar-refractivity contribution in [2.75, 3.05) is 13.1 Å². The van der Waals surface area contributed by atoms with E-state index in [0.717, 1.165) is 39.9 Å². The largest absolute Gasteiger partial charge is 0.336 e. The van der Waals surface area contributed by atoms with Crippen LogP contribution in [0.2, 0.25) is 0 Å². The van der Waals surface area contributed by atoms with Crippen molar-refractivity contribution in [3.63, 3.8) is 0 Å². The van der Waals surface area contributed by atoms with Crippen LogP contribution in [0, 0.1) is 17.1 Å². The van der Waals surface area contributed by atoms with E-state index < -0.39 is 5.82 Å². The second-order valence-corrected chi connectivity index (χ2v) is 9.13. The molecular weight excluding hydrogens is 437 g/mol. The van der Waals surface area contributed by atoms with Gasteiger partial charge in [-0.05, 0) is 54.3 Å². The number of rotatable bonds is 3. The summed E-state index contributed by atoms with van der Waals surface area (Å²) < 4.78 is 14.5. The van der Waals surface area contributed by atoms with E-state index in [-0.39, 0.29) is 17.5 Å². The van der Waals surface area contributed by atoms with Crippen molar-refractivity contribution in [1.29, 1.82) is 5.26 Å². The number of carbonyl (C=O) groups is 1. The third-order valence-corrected chi connectivity index (χ3v) is 6.99. The highest BCUT2D eigenvalue weighted by atomic mass is 32.1. The molecule has 1 atom stereocenters. The minimum atomic E-state index is -0.591. The standard InChI is InChI=1S/C25H20FN5OS/c26-20-10-15(3-4-17(20)13-27)19-12-23(25(32)31-9-1-2-18(28)14-31)33-24(19)16-5-6-21-22(11-16)30-8-7-29-21/h3-8,10-12,18H,1-2,9,14,28H2/t18-/m1/s1. The summed E-state index contributed by atoms with van der Waals surface area (Å²) in [6.45, 7) is 1.20. The van der Waals surface area contributed by atoms with E-state index in [0.29, 0.717) is 23.5 Å². The maximum atomic E-state index is 14.5. The van der Waals surface area contributed by atoms with Gasteiger partial charge in [-0.15, -0.1) is 11.3 Å². The summed E-state index contributed by atoms with van der Waals surface area (Å²) in [6.07, 6.45) is 5.06. The lowest BCUT2D eigenvalue weighted by Gasteiger charge is -2.30. The van der Waals surface area contributed by atoms with Crippen LogP contribution in [0.5, 0.6) is 0 Å². The van der Waals surface area contributed by atoms with Crippen molar-refractivity contribution in [3.8, 4) is 27.6 Å². The molecule has 0 bridgehead atoms. The number of fused-ring (bicyclic) bond motifs is 1. The number of carbonyl (C=O) groups excluding carboxylic acids is 1. The van der Waals surface area contributed by atoms with Crippen LogP contribution in [0.4, 0.5) is 4.39 Å². The molecule has 1 aliphatic heterocycles. The monoisotopic (exact) mass is 457 g/mol. The summed E-state index contributed by atoms with van der Waals surface area (Å²) in [5, 5.41) is 9.09. The first-order valence-corrected chi connectivity index (χ1v) is 11.4. The first-order chi connectivity index (χ1) is 16.0. The van der Waals surface area contributed by atoms with Gasteiger partial charge in [0.25, 0.3) is 5.91 Å². The summed E-state index contributed by atoms with van der Waals surface area (Å²) >= 11 is 1.37. The molecule has 164 valence electrons. The Balaban J connectivity index is 1.63. The molecule has 6 nitrogen and oxygen atoms in total. The molecule has 0 aliphatic carbocycles. The fourth-order valence-corrected chi connectivity index (χ4v) is 5.30. The van der Waals surface area contributed by atoms with Gasteiger partial charge in [0.05, 0.1) is 21.5 Å². The number of thiophene rings is 1. The Hall–Kier alpha value is -3.67. The van der Waals surface area contributed by atoms with Crippen molar-refractivity contribution in [3.05, 3.63) is 71.1 Å². The molecule has 1 fully saturated rings. The van der Waals surface area contributed by atoms with E-state index in [4.69, 9.17) is 11.0 Å². The van der Waals surface area contributed by atoms with Crippen LogP contribution in [-0.4, -0.2) is 39.9 Å². The molecule has 2 N–H and O–H groups in total. The molecule has 0 spiro atoms. The maximum Gasteiger partial charge on any atom is 0.264 e. The topological polar surface area (TPSA) is 95.9 Å². The molecule has 0 unspecified atom stereocenters. The molecule has 3 heterocycles. The number of hydrogen-bond donors (Lipinski definition) is 1. The molecule has 0 radical (unpaired) electrons. The van der Waals surface area contributed by atoms with Crippen molar-refractivity contribution in [1.82, 2.24) is 14.9 Å². The number of nitrogens with two attached hydrogens (primary N) is 1. The Morgan fingerprint density at radius 2 is 1.91 bits per heavy atom. The number of aromatic nitrogens is 2. The second kappa shape index (κ2) is 8.70. The number of nitriles is 1. The second-order valence-electron chi connectivity index (χ2n) is 8.07. The molecule has 1 amide bonds. The highest BCUT2D eigenvalue weighted by Crippen LogP contribution is 2.41. The van der Waals surface area contributed by atoms with Gasteiger partial charge in [0.15, 0.2) is 0 Å². The molecule has 0 saturated carbocycles. The third kappa shape index (κ3) is 4.09. The van der Waals surface area contributed by atoms with Gasteiger partial charge in [-0.25, -0.2) is 4.39 Å². The van der Waals surface area contributed by atoms with Gasteiger partial charge < -0.3 is 10.6 Å². The normalized spacial score (nSPS) is 16.0. The molecular formula is C25H20FN5OS. The van der Waals surface area contributed by atoms with Crippen molar-refractivity contribution in [2.24, 2.45) is 5.73 Å². The zero-order valence-electron chi connectivity index (χ0n) is 17.7. The van der Waals surface area contributed by atoms with Crippen molar-refractivity contribution >= 4 is 28.3 Å². The average Bonchev–Trinajstić information content (AvgIpc) is 3.29. The Bertz CT molecular complexity index is 1410. The minimum Gasteiger partial charge on any atom is -0.336 e. The predicted octanol–water partition coefficient (Wildman–Crippen LogP) is 4.60. The summed E-state index contributed by atoms with van der Waals surface area (Å²) in [7, 11) is 0. The average molecular weight is 458 g/mol. The number of piperidine rings is 1. The highest BCUT2D eigenvalue weighted by Gasteiger charge is 2.26.